The van der Waals surface area contributed by atoms with Crippen molar-refractivity contribution in [3.05, 3.63) is 48.0 Å². The third kappa shape index (κ3) is 3.38. The van der Waals surface area contributed by atoms with Gasteiger partial charge in [0.25, 0.3) is 5.91 Å². The highest BCUT2D eigenvalue weighted by Crippen LogP contribution is 2.30. The molecule has 23 heavy (non-hydrogen) atoms. The van der Waals surface area contributed by atoms with Gasteiger partial charge in [0.2, 0.25) is 0 Å². The number of halogens is 3. The Kier molecular flexibility index (Phi) is 4.11. The molecule has 1 aliphatic heterocycles. The summed E-state index contributed by atoms with van der Waals surface area (Å²) in [6, 6.07) is 4.94. The van der Waals surface area contributed by atoms with Crippen LogP contribution < -0.4 is 0 Å². The molecule has 2 heterocycles. The molecule has 1 saturated heterocycles. The van der Waals surface area contributed by atoms with Crippen LogP contribution in [0, 0.1) is 0 Å². The molecule has 4 nitrogen and oxygen atoms in total. The SMILES string of the molecule is O=C(c1cn(-c2cccc(C(F)(F)F)c2)cn1)N1CCCCC1. The Bertz CT molecular complexity index is 703. The van der Waals surface area contributed by atoms with Crippen LogP contribution in [0.2, 0.25) is 0 Å². The zero-order chi connectivity index (χ0) is 16.4. The fourth-order valence-corrected chi connectivity index (χ4v) is 2.68. The lowest BCUT2D eigenvalue weighted by molar-refractivity contribution is -0.137. The summed E-state index contributed by atoms with van der Waals surface area (Å²) in [4.78, 5) is 18.1. The minimum absolute atomic E-state index is 0.171. The second-order valence-electron chi connectivity index (χ2n) is 5.57. The Hall–Kier alpha value is -2.31. The molecule has 0 bridgehead atoms. The molecule has 1 aliphatic rings. The number of hydrogen-bond acceptors (Lipinski definition) is 2. The zero-order valence-corrected chi connectivity index (χ0v) is 12.4. The van der Waals surface area contributed by atoms with Crippen molar-refractivity contribution in [3.8, 4) is 5.69 Å². The van der Waals surface area contributed by atoms with E-state index in [4.69, 9.17) is 0 Å². The molecule has 0 N–H and O–H groups in total. The maximum absolute atomic E-state index is 12.8. The molecule has 1 aromatic carbocycles. The van der Waals surface area contributed by atoms with Crippen molar-refractivity contribution in [1.29, 1.82) is 0 Å². The van der Waals surface area contributed by atoms with Crippen molar-refractivity contribution in [1.82, 2.24) is 14.5 Å². The summed E-state index contributed by atoms with van der Waals surface area (Å²) in [5.41, 5.74) is -0.151. The number of carbonyl (C=O) groups is 1. The van der Waals surface area contributed by atoms with Crippen LogP contribution >= 0.6 is 0 Å². The standard InChI is InChI=1S/C16H16F3N3O/c17-16(18,19)12-5-4-6-13(9-12)22-10-14(20-11-22)15(23)21-7-2-1-3-8-21/h4-6,9-11H,1-3,7-8H2. The first-order valence-corrected chi connectivity index (χ1v) is 7.46. The van der Waals surface area contributed by atoms with Gasteiger partial charge in [-0.25, -0.2) is 4.98 Å². The van der Waals surface area contributed by atoms with Crippen LogP contribution in [0.4, 0.5) is 13.2 Å². The van der Waals surface area contributed by atoms with Gasteiger partial charge >= 0.3 is 6.18 Å². The number of nitrogens with zero attached hydrogens (tertiary/aromatic N) is 3. The Morgan fingerprint density at radius 2 is 1.87 bits per heavy atom. The summed E-state index contributed by atoms with van der Waals surface area (Å²) in [5.74, 6) is -0.171. The average Bonchev–Trinajstić information content (AvgIpc) is 3.04. The predicted molar refractivity (Wildman–Crippen MR) is 78.3 cm³/mol. The van der Waals surface area contributed by atoms with Crippen LogP contribution in [-0.2, 0) is 6.18 Å². The van der Waals surface area contributed by atoms with E-state index in [0.717, 1.165) is 31.4 Å². The van der Waals surface area contributed by atoms with Gasteiger partial charge in [-0.05, 0) is 37.5 Å². The molecule has 122 valence electrons. The smallest absolute Gasteiger partial charge is 0.337 e. The van der Waals surface area contributed by atoms with E-state index in [-0.39, 0.29) is 11.6 Å². The van der Waals surface area contributed by atoms with E-state index in [1.807, 2.05) is 0 Å². The molecule has 0 saturated carbocycles. The van der Waals surface area contributed by atoms with E-state index < -0.39 is 11.7 Å². The number of aromatic nitrogens is 2. The van der Waals surface area contributed by atoms with Crippen molar-refractivity contribution in [3.63, 3.8) is 0 Å². The van der Waals surface area contributed by atoms with Crippen LogP contribution in [0.15, 0.2) is 36.8 Å². The van der Waals surface area contributed by atoms with Crippen LogP contribution in [-0.4, -0.2) is 33.4 Å². The van der Waals surface area contributed by atoms with Gasteiger partial charge in [0.05, 0.1) is 5.56 Å². The van der Waals surface area contributed by atoms with Gasteiger partial charge in [0, 0.05) is 25.0 Å². The first kappa shape index (κ1) is 15.6. The molecule has 3 rings (SSSR count). The summed E-state index contributed by atoms with van der Waals surface area (Å²) < 4.78 is 39.8. The molecule has 0 unspecified atom stereocenters. The van der Waals surface area contributed by atoms with Gasteiger partial charge in [0.15, 0.2) is 0 Å². The highest BCUT2D eigenvalue weighted by Gasteiger charge is 2.30. The van der Waals surface area contributed by atoms with Crippen LogP contribution in [0.25, 0.3) is 5.69 Å². The van der Waals surface area contributed by atoms with E-state index in [9.17, 15) is 18.0 Å². The number of benzene rings is 1. The molecule has 7 heteroatoms. The lowest BCUT2D eigenvalue weighted by atomic mass is 10.1. The van der Waals surface area contributed by atoms with Gasteiger partial charge < -0.3 is 9.47 Å². The summed E-state index contributed by atoms with van der Waals surface area (Å²) in [6.45, 7) is 1.41. The van der Waals surface area contributed by atoms with Crippen LogP contribution in [0.5, 0.6) is 0 Å². The highest BCUT2D eigenvalue weighted by molar-refractivity contribution is 5.92. The van der Waals surface area contributed by atoms with Gasteiger partial charge in [-0.3, -0.25) is 4.79 Å². The van der Waals surface area contributed by atoms with E-state index >= 15 is 0 Å². The Labute approximate surface area is 131 Å². The minimum Gasteiger partial charge on any atom is -0.337 e. The predicted octanol–water partition coefficient (Wildman–Crippen LogP) is 3.52. The highest BCUT2D eigenvalue weighted by atomic mass is 19.4. The maximum Gasteiger partial charge on any atom is 0.416 e. The average molecular weight is 323 g/mol. The number of alkyl halides is 3. The lowest BCUT2D eigenvalue weighted by Crippen LogP contribution is -2.35. The number of piperidine rings is 1. The lowest BCUT2D eigenvalue weighted by Gasteiger charge is -2.25. The van der Waals surface area contributed by atoms with E-state index in [1.54, 1.807) is 11.0 Å². The second kappa shape index (κ2) is 6.06. The number of likely N-dealkylation sites (tertiary alicyclic amines) is 1. The van der Waals surface area contributed by atoms with Gasteiger partial charge in [-0.15, -0.1) is 0 Å². The van der Waals surface area contributed by atoms with Crippen molar-refractivity contribution in [2.75, 3.05) is 13.1 Å². The first-order chi connectivity index (χ1) is 10.9. The fraction of sp³-hybridized carbons (Fsp3) is 0.375. The van der Waals surface area contributed by atoms with Gasteiger partial charge in [0.1, 0.15) is 12.0 Å². The molecular formula is C16H16F3N3O. The van der Waals surface area contributed by atoms with E-state index in [2.05, 4.69) is 4.98 Å². The summed E-state index contributed by atoms with van der Waals surface area (Å²) in [5, 5.41) is 0. The number of rotatable bonds is 2. The molecule has 0 aliphatic carbocycles. The van der Waals surface area contributed by atoms with Gasteiger partial charge in [-0.1, -0.05) is 6.07 Å². The molecule has 1 aromatic heterocycles. The first-order valence-electron chi connectivity index (χ1n) is 7.46. The van der Waals surface area contributed by atoms with Crippen LogP contribution in [0.1, 0.15) is 35.3 Å². The number of carbonyl (C=O) groups excluding carboxylic acids is 1. The molecule has 0 spiro atoms. The number of imidazole rings is 1. The maximum atomic E-state index is 12.8. The molecule has 0 radical (unpaired) electrons. The summed E-state index contributed by atoms with van der Waals surface area (Å²) in [7, 11) is 0. The number of hydrogen-bond donors (Lipinski definition) is 0. The van der Waals surface area contributed by atoms with Crippen LogP contribution in [0.3, 0.4) is 0 Å². The molecular weight excluding hydrogens is 307 g/mol. The molecule has 1 amide bonds. The third-order valence-corrected chi connectivity index (χ3v) is 3.92. The Balaban J connectivity index is 1.83. The molecule has 2 aromatic rings. The molecule has 1 fully saturated rings. The fourth-order valence-electron chi connectivity index (χ4n) is 2.68. The van der Waals surface area contributed by atoms with Crippen molar-refractivity contribution in [2.24, 2.45) is 0 Å². The third-order valence-electron chi connectivity index (χ3n) is 3.92. The normalized spacial score (nSPS) is 15.7. The van der Waals surface area contributed by atoms with Crippen molar-refractivity contribution < 1.29 is 18.0 Å². The quantitative estimate of drug-likeness (QED) is 0.848. The summed E-state index contributed by atoms with van der Waals surface area (Å²) >= 11 is 0. The largest absolute Gasteiger partial charge is 0.416 e. The Morgan fingerprint density at radius 3 is 2.57 bits per heavy atom. The monoisotopic (exact) mass is 323 g/mol. The van der Waals surface area contributed by atoms with Crippen molar-refractivity contribution >= 4 is 5.91 Å². The number of amides is 1. The Morgan fingerprint density at radius 1 is 1.13 bits per heavy atom. The zero-order valence-electron chi connectivity index (χ0n) is 12.4. The van der Waals surface area contributed by atoms with E-state index in [0.29, 0.717) is 18.8 Å². The minimum atomic E-state index is -4.40. The topological polar surface area (TPSA) is 38.1 Å². The summed E-state index contributed by atoms with van der Waals surface area (Å²) in [6.07, 6.45) is 1.50. The molecule has 0 atom stereocenters. The van der Waals surface area contributed by atoms with Crippen molar-refractivity contribution in [2.45, 2.75) is 25.4 Å². The van der Waals surface area contributed by atoms with Gasteiger partial charge in [-0.2, -0.15) is 13.2 Å². The second-order valence-corrected chi connectivity index (χ2v) is 5.57. The van der Waals surface area contributed by atoms with E-state index in [1.165, 1.54) is 23.2 Å².